The summed E-state index contributed by atoms with van der Waals surface area (Å²) in [6.45, 7) is 0. The van der Waals surface area contributed by atoms with Crippen molar-refractivity contribution in [3.05, 3.63) is 70.9 Å². The van der Waals surface area contributed by atoms with E-state index in [9.17, 15) is 9.59 Å². The van der Waals surface area contributed by atoms with Gasteiger partial charge in [0, 0.05) is 0 Å². The molecule has 0 fully saturated rings. The van der Waals surface area contributed by atoms with Gasteiger partial charge in [-0.3, -0.25) is 0 Å². The molecule has 0 amide bonds. The number of benzene rings is 2. The summed E-state index contributed by atoms with van der Waals surface area (Å²) in [5.41, 5.74) is 1.54. The summed E-state index contributed by atoms with van der Waals surface area (Å²) in [5.74, 6) is -0.855. The number of carbonyl (C=O) groups is 2. The summed E-state index contributed by atoms with van der Waals surface area (Å²) in [6.07, 6.45) is 1.54. The molecule has 24 heavy (non-hydrogen) atoms. The Morgan fingerprint density at radius 2 is 1.88 bits per heavy atom. The first-order valence-electron chi connectivity index (χ1n) is 7.08. The second-order valence-electron chi connectivity index (χ2n) is 4.96. The highest BCUT2D eigenvalue weighted by Gasteiger charge is 2.26. The Bertz CT molecular complexity index is 865. The van der Waals surface area contributed by atoms with Crippen LogP contribution >= 0.6 is 0 Å². The SMILES string of the molecule is COc1ccccc1C1=N/C(=C\c2ccc(C(=O)O)cc2)C(=O)O1. The van der Waals surface area contributed by atoms with Gasteiger partial charge >= 0.3 is 11.9 Å². The van der Waals surface area contributed by atoms with Crippen LogP contribution in [0.4, 0.5) is 0 Å². The van der Waals surface area contributed by atoms with E-state index in [1.165, 1.54) is 25.3 Å². The lowest BCUT2D eigenvalue weighted by Crippen LogP contribution is -2.06. The molecule has 1 aliphatic rings. The van der Waals surface area contributed by atoms with Gasteiger partial charge in [-0.2, -0.15) is 0 Å². The van der Waals surface area contributed by atoms with Gasteiger partial charge in [-0.25, -0.2) is 14.6 Å². The van der Waals surface area contributed by atoms with Crippen LogP contribution in [0.2, 0.25) is 0 Å². The number of carbonyl (C=O) groups excluding carboxylic acids is 1. The zero-order valence-corrected chi connectivity index (χ0v) is 12.7. The van der Waals surface area contributed by atoms with Crippen LogP contribution in [0.25, 0.3) is 6.08 Å². The number of esters is 1. The molecule has 6 heteroatoms. The maximum atomic E-state index is 12.0. The summed E-state index contributed by atoms with van der Waals surface area (Å²) >= 11 is 0. The maximum absolute atomic E-state index is 12.0. The average molecular weight is 323 g/mol. The molecule has 1 aliphatic heterocycles. The van der Waals surface area contributed by atoms with E-state index in [-0.39, 0.29) is 17.2 Å². The highest BCUT2D eigenvalue weighted by atomic mass is 16.6. The van der Waals surface area contributed by atoms with E-state index in [1.54, 1.807) is 36.4 Å². The van der Waals surface area contributed by atoms with Crippen molar-refractivity contribution in [2.24, 2.45) is 4.99 Å². The van der Waals surface area contributed by atoms with E-state index >= 15 is 0 Å². The number of ether oxygens (including phenoxy) is 2. The zero-order chi connectivity index (χ0) is 17.1. The molecule has 0 radical (unpaired) electrons. The standard InChI is InChI=1S/C18H13NO5/c1-23-15-5-3-2-4-13(15)16-19-14(18(22)24-16)10-11-6-8-12(9-7-11)17(20)21/h2-10H,1H3,(H,20,21)/b14-10-. The van der Waals surface area contributed by atoms with Gasteiger partial charge in [0.05, 0.1) is 18.2 Å². The molecular formula is C18H13NO5. The summed E-state index contributed by atoms with van der Waals surface area (Å²) in [7, 11) is 1.52. The second-order valence-corrected chi connectivity index (χ2v) is 4.96. The molecule has 0 unspecified atom stereocenters. The molecule has 0 aliphatic carbocycles. The number of methoxy groups -OCH3 is 1. The van der Waals surface area contributed by atoms with Crippen LogP contribution in [0, 0.1) is 0 Å². The molecule has 2 aromatic carbocycles. The predicted molar refractivity (Wildman–Crippen MR) is 87.0 cm³/mol. The van der Waals surface area contributed by atoms with Crippen molar-refractivity contribution in [2.45, 2.75) is 0 Å². The largest absolute Gasteiger partial charge is 0.496 e. The van der Waals surface area contributed by atoms with Gasteiger partial charge in [0.25, 0.3) is 0 Å². The lowest BCUT2D eigenvalue weighted by Gasteiger charge is -2.05. The molecule has 0 bridgehead atoms. The number of hydrogen-bond donors (Lipinski definition) is 1. The first-order chi connectivity index (χ1) is 11.6. The summed E-state index contributed by atoms with van der Waals surface area (Å²) in [5, 5.41) is 8.89. The van der Waals surface area contributed by atoms with Gasteiger partial charge < -0.3 is 14.6 Å². The Labute approximate surface area is 137 Å². The van der Waals surface area contributed by atoms with Crippen molar-refractivity contribution in [2.75, 3.05) is 7.11 Å². The molecular weight excluding hydrogens is 310 g/mol. The van der Waals surface area contributed by atoms with Crippen molar-refractivity contribution in [1.29, 1.82) is 0 Å². The van der Waals surface area contributed by atoms with Crippen LogP contribution < -0.4 is 4.74 Å². The highest BCUT2D eigenvalue weighted by Crippen LogP contribution is 2.24. The molecule has 2 aromatic rings. The lowest BCUT2D eigenvalue weighted by molar-refractivity contribution is -0.129. The Morgan fingerprint density at radius 1 is 1.17 bits per heavy atom. The number of cyclic esters (lactones) is 1. The number of rotatable bonds is 4. The molecule has 0 atom stereocenters. The van der Waals surface area contributed by atoms with E-state index < -0.39 is 11.9 Å². The van der Waals surface area contributed by atoms with Crippen LogP contribution in [-0.4, -0.2) is 30.1 Å². The fraction of sp³-hybridized carbons (Fsp3) is 0.0556. The minimum atomic E-state index is -1.01. The predicted octanol–water partition coefficient (Wildman–Crippen LogP) is 2.74. The normalized spacial score (nSPS) is 15.1. The quantitative estimate of drug-likeness (QED) is 0.691. The number of carboxylic acids is 1. The van der Waals surface area contributed by atoms with Gasteiger partial charge in [0.15, 0.2) is 5.70 Å². The van der Waals surface area contributed by atoms with E-state index in [1.807, 2.05) is 0 Å². The van der Waals surface area contributed by atoms with Crippen molar-refractivity contribution in [3.63, 3.8) is 0 Å². The Hall–Kier alpha value is -3.41. The monoisotopic (exact) mass is 323 g/mol. The number of aromatic carboxylic acids is 1. The number of para-hydroxylation sites is 1. The smallest absolute Gasteiger partial charge is 0.363 e. The Morgan fingerprint density at radius 3 is 2.54 bits per heavy atom. The topological polar surface area (TPSA) is 85.2 Å². The van der Waals surface area contributed by atoms with Gasteiger partial charge in [-0.1, -0.05) is 24.3 Å². The molecule has 3 rings (SSSR count). The number of carboxylic acid groups (broad SMARTS) is 1. The van der Waals surface area contributed by atoms with Crippen molar-refractivity contribution in [3.8, 4) is 5.75 Å². The summed E-state index contributed by atoms with van der Waals surface area (Å²) in [4.78, 5) is 27.1. The van der Waals surface area contributed by atoms with Gasteiger partial charge in [-0.05, 0) is 35.9 Å². The van der Waals surface area contributed by atoms with E-state index in [0.717, 1.165) is 0 Å². The highest BCUT2D eigenvalue weighted by molar-refractivity contribution is 6.13. The molecule has 1 N–H and O–H groups in total. The van der Waals surface area contributed by atoms with Gasteiger partial charge in [0.1, 0.15) is 5.75 Å². The molecule has 0 spiro atoms. The summed E-state index contributed by atoms with van der Waals surface area (Å²) in [6, 6.07) is 13.2. The fourth-order valence-corrected chi connectivity index (χ4v) is 2.23. The first kappa shape index (κ1) is 15.5. The molecule has 0 aromatic heterocycles. The van der Waals surface area contributed by atoms with Crippen LogP contribution in [-0.2, 0) is 9.53 Å². The van der Waals surface area contributed by atoms with E-state index in [4.69, 9.17) is 14.6 Å². The van der Waals surface area contributed by atoms with E-state index in [2.05, 4.69) is 4.99 Å². The molecule has 0 saturated carbocycles. The van der Waals surface area contributed by atoms with Crippen LogP contribution in [0.1, 0.15) is 21.5 Å². The van der Waals surface area contributed by atoms with Crippen LogP contribution in [0.15, 0.2) is 59.2 Å². The number of hydrogen-bond acceptors (Lipinski definition) is 5. The molecule has 0 saturated heterocycles. The third-order valence-electron chi connectivity index (χ3n) is 3.42. The first-order valence-corrected chi connectivity index (χ1v) is 7.08. The second kappa shape index (κ2) is 6.37. The molecule has 120 valence electrons. The maximum Gasteiger partial charge on any atom is 0.363 e. The van der Waals surface area contributed by atoms with Crippen molar-refractivity contribution >= 4 is 23.9 Å². The van der Waals surface area contributed by atoms with Crippen molar-refractivity contribution in [1.82, 2.24) is 0 Å². The lowest BCUT2D eigenvalue weighted by atomic mass is 10.1. The average Bonchev–Trinajstić information content (AvgIpc) is 2.96. The number of aliphatic imine (C=N–C) groups is 1. The Kier molecular flexibility index (Phi) is 4.11. The van der Waals surface area contributed by atoms with Crippen LogP contribution in [0.5, 0.6) is 5.75 Å². The molecule has 6 nitrogen and oxygen atoms in total. The van der Waals surface area contributed by atoms with E-state index in [0.29, 0.717) is 16.9 Å². The Balaban J connectivity index is 1.92. The third-order valence-corrected chi connectivity index (χ3v) is 3.42. The number of nitrogens with zero attached hydrogens (tertiary/aromatic N) is 1. The van der Waals surface area contributed by atoms with Crippen LogP contribution in [0.3, 0.4) is 0 Å². The van der Waals surface area contributed by atoms with Gasteiger partial charge in [-0.15, -0.1) is 0 Å². The zero-order valence-electron chi connectivity index (χ0n) is 12.7. The van der Waals surface area contributed by atoms with Crippen molar-refractivity contribution < 1.29 is 24.2 Å². The minimum Gasteiger partial charge on any atom is -0.496 e. The minimum absolute atomic E-state index is 0.138. The fourth-order valence-electron chi connectivity index (χ4n) is 2.23. The summed E-state index contributed by atoms with van der Waals surface area (Å²) < 4.78 is 10.4. The van der Waals surface area contributed by atoms with Gasteiger partial charge in [0.2, 0.25) is 5.90 Å². The molecule has 1 heterocycles. The third kappa shape index (κ3) is 3.03.